The molecular weight excluding hydrogens is 238 g/mol. The van der Waals surface area contributed by atoms with Crippen LogP contribution >= 0.6 is 0 Å². The summed E-state index contributed by atoms with van der Waals surface area (Å²) < 4.78 is 5.00. The number of hydrogen-bond acceptors (Lipinski definition) is 4. The van der Waals surface area contributed by atoms with Crippen molar-refractivity contribution in [1.29, 1.82) is 0 Å². The normalized spacial score (nSPS) is 13.8. The number of hydrogen-bond donors (Lipinski definition) is 3. The molecule has 18 heavy (non-hydrogen) atoms. The van der Waals surface area contributed by atoms with E-state index in [-0.39, 0.29) is 6.04 Å². The lowest BCUT2D eigenvalue weighted by molar-refractivity contribution is -0.138. The largest absolute Gasteiger partial charge is 0.480 e. The number of carbonyl (C=O) groups is 2. The Labute approximate surface area is 105 Å². The molecule has 0 aliphatic carbocycles. The molecule has 2 amide bonds. The van der Waals surface area contributed by atoms with E-state index >= 15 is 0 Å². The third-order valence-corrected chi connectivity index (χ3v) is 2.59. The van der Waals surface area contributed by atoms with E-state index in [9.17, 15) is 9.59 Å². The van der Waals surface area contributed by atoms with Crippen molar-refractivity contribution in [3.05, 3.63) is 17.0 Å². The number of carboxylic acids is 1. The molecule has 3 N–H and O–H groups in total. The van der Waals surface area contributed by atoms with Crippen molar-refractivity contribution in [2.75, 3.05) is 0 Å². The molecule has 0 aliphatic heterocycles. The van der Waals surface area contributed by atoms with Gasteiger partial charge >= 0.3 is 12.0 Å². The number of aliphatic carboxylic acids is 1. The van der Waals surface area contributed by atoms with Crippen LogP contribution in [0.1, 0.15) is 36.9 Å². The van der Waals surface area contributed by atoms with Gasteiger partial charge in [-0.25, -0.2) is 4.79 Å². The average molecular weight is 255 g/mol. The molecule has 0 radical (unpaired) electrons. The van der Waals surface area contributed by atoms with Crippen molar-refractivity contribution in [1.82, 2.24) is 15.8 Å². The number of rotatable bonds is 4. The fourth-order valence-electron chi connectivity index (χ4n) is 1.68. The Morgan fingerprint density at radius 2 is 1.89 bits per heavy atom. The minimum absolute atomic E-state index is 0.308. The lowest BCUT2D eigenvalue weighted by Gasteiger charge is -2.16. The molecule has 1 unspecified atom stereocenters. The van der Waals surface area contributed by atoms with E-state index in [0.717, 1.165) is 5.56 Å². The quantitative estimate of drug-likeness (QED) is 0.748. The Hall–Kier alpha value is -2.05. The number of aromatic nitrogens is 1. The molecule has 100 valence electrons. The van der Waals surface area contributed by atoms with Gasteiger partial charge in [-0.1, -0.05) is 5.16 Å². The summed E-state index contributed by atoms with van der Waals surface area (Å²) in [6, 6.07) is -1.79. The second-order valence-corrected chi connectivity index (χ2v) is 4.14. The summed E-state index contributed by atoms with van der Waals surface area (Å²) in [5.41, 5.74) is 1.50. The second-order valence-electron chi connectivity index (χ2n) is 4.14. The lowest BCUT2D eigenvalue weighted by atomic mass is 10.1. The SMILES string of the molecule is Cc1noc(C)c1C(C)NC(=O)N[C@@H](C)C(=O)O. The molecular formula is C11H17N3O4. The van der Waals surface area contributed by atoms with Gasteiger partial charge in [0.15, 0.2) is 0 Å². The lowest BCUT2D eigenvalue weighted by Crippen LogP contribution is -2.45. The molecule has 7 nitrogen and oxygen atoms in total. The van der Waals surface area contributed by atoms with Crippen LogP contribution in [-0.2, 0) is 4.79 Å². The van der Waals surface area contributed by atoms with Crippen molar-refractivity contribution >= 4 is 12.0 Å². The minimum atomic E-state index is -1.09. The Morgan fingerprint density at radius 3 is 2.33 bits per heavy atom. The zero-order valence-corrected chi connectivity index (χ0v) is 10.8. The van der Waals surface area contributed by atoms with E-state index in [2.05, 4.69) is 15.8 Å². The third-order valence-electron chi connectivity index (χ3n) is 2.59. The summed E-state index contributed by atoms with van der Waals surface area (Å²) >= 11 is 0. The number of nitrogens with one attached hydrogen (secondary N) is 2. The maximum absolute atomic E-state index is 11.5. The fourth-order valence-corrected chi connectivity index (χ4v) is 1.68. The summed E-state index contributed by atoms with van der Waals surface area (Å²) in [4.78, 5) is 22.1. The zero-order chi connectivity index (χ0) is 13.9. The van der Waals surface area contributed by atoms with Crippen LogP contribution in [-0.4, -0.2) is 28.3 Å². The Kier molecular flexibility index (Phi) is 4.30. The van der Waals surface area contributed by atoms with Crippen LogP contribution in [0.3, 0.4) is 0 Å². The van der Waals surface area contributed by atoms with Crippen LogP contribution < -0.4 is 10.6 Å². The van der Waals surface area contributed by atoms with E-state index in [1.54, 1.807) is 20.8 Å². The topological polar surface area (TPSA) is 104 Å². The average Bonchev–Trinajstić information content (AvgIpc) is 2.57. The van der Waals surface area contributed by atoms with E-state index in [1.165, 1.54) is 6.92 Å². The van der Waals surface area contributed by atoms with E-state index < -0.39 is 18.0 Å². The summed E-state index contributed by atoms with van der Waals surface area (Å²) in [6.07, 6.45) is 0. The molecule has 2 atom stereocenters. The summed E-state index contributed by atoms with van der Waals surface area (Å²) in [5.74, 6) is -0.457. The van der Waals surface area contributed by atoms with Gasteiger partial charge in [0.1, 0.15) is 11.8 Å². The first-order valence-electron chi connectivity index (χ1n) is 5.55. The molecule has 0 saturated heterocycles. The van der Waals surface area contributed by atoms with Crippen LogP contribution in [0.2, 0.25) is 0 Å². The highest BCUT2D eigenvalue weighted by Gasteiger charge is 2.20. The summed E-state index contributed by atoms with van der Waals surface area (Å²) in [6.45, 7) is 6.70. The van der Waals surface area contributed by atoms with Crippen molar-refractivity contribution in [3.8, 4) is 0 Å². The molecule has 1 aromatic heterocycles. The second kappa shape index (κ2) is 5.52. The zero-order valence-electron chi connectivity index (χ0n) is 10.8. The highest BCUT2D eigenvalue weighted by molar-refractivity contribution is 5.82. The number of carbonyl (C=O) groups excluding carboxylic acids is 1. The van der Waals surface area contributed by atoms with E-state index in [0.29, 0.717) is 11.5 Å². The summed E-state index contributed by atoms with van der Waals surface area (Å²) in [7, 11) is 0. The molecule has 0 saturated carbocycles. The van der Waals surface area contributed by atoms with Crippen molar-refractivity contribution in [3.63, 3.8) is 0 Å². The first-order valence-corrected chi connectivity index (χ1v) is 5.55. The smallest absolute Gasteiger partial charge is 0.325 e. The molecule has 1 aromatic rings. The molecule has 0 fully saturated rings. The van der Waals surface area contributed by atoms with Crippen molar-refractivity contribution in [2.45, 2.75) is 39.8 Å². The van der Waals surface area contributed by atoms with Crippen LogP contribution in [0.25, 0.3) is 0 Å². The predicted molar refractivity (Wildman–Crippen MR) is 63.2 cm³/mol. The Bertz CT molecular complexity index is 436. The van der Waals surface area contributed by atoms with Gasteiger partial charge in [-0.15, -0.1) is 0 Å². The van der Waals surface area contributed by atoms with Gasteiger partial charge < -0.3 is 20.3 Å². The van der Waals surface area contributed by atoms with Gasteiger partial charge in [-0.05, 0) is 27.7 Å². The highest BCUT2D eigenvalue weighted by Crippen LogP contribution is 2.20. The molecule has 0 aromatic carbocycles. The van der Waals surface area contributed by atoms with Crippen LogP contribution in [0.4, 0.5) is 4.79 Å². The number of urea groups is 1. The number of carboxylic acid groups (broad SMARTS) is 1. The monoisotopic (exact) mass is 255 g/mol. The molecule has 0 aliphatic rings. The van der Waals surface area contributed by atoms with Gasteiger partial charge in [0.2, 0.25) is 0 Å². The Morgan fingerprint density at radius 1 is 1.28 bits per heavy atom. The van der Waals surface area contributed by atoms with Gasteiger partial charge in [-0.3, -0.25) is 4.79 Å². The van der Waals surface area contributed by atoms with Gasteiger partial charge in [0.05, 0.1) is 11.7 Å². The Balaban J connectivity index is 2.63. The minimum Gasteiger partial charge on any atom is -0.480 e. The molecule has 0 spiro atoms. The third kappa shape index (κ3) is 3.22. The van der Waals surface area contributed by atoms with E-state index in [4.69, 9.17) is 9.63 Å². The number of amides is 2. The molecule has 0 bridgehead atoms. The standard InChI is InChI=1S/C11H17N3O4/c1-5(9-6(2)14-18-8(9)4)12-11(17)13-7(3)10(15)16/h5,7H,1-4H3,(H,15,16)(H2,12,13,17)/t5?,7-/m0/s1. The fraction of sp³-hybridized carbons (Fsp3) is 0.545. The van der Waals surface area contributed by atoms with Crippen molar-refractivity contribution in [2.24, 2.45) is 0 Å². The van der Waals surface area contributed by atoms with Crippen molar-refractivity contribution < 1.29 is 19.2 Å². The first-order chi connectivity index (χ1) is 8.32. The number of nitrogens with zero attached hydrogens (tertiary/aromatic N) is 1. The van der Waals surface area contributed by atoms with Gasteiger partial charge in [-0.2, -0.15) is 0 Å². The number of aryl methyl sites for hydroxylation is 2. The first kappa shape index (κ1) is 14.0. The molecule has 1 rings (SSSR count). The maximum Gasteiger partial charge on any atom is 0.325 e. The van der Waals surface area contributed by atoms with E-state index in [1.807, 2.05) is 0 Å². The molecule has 7 heteroatoms. The van der Waals surface area contributed by atoms with Crippen LogP contribution in [0.5, 0.6) is 0 Å². The van der Waals surface area contributed by atoms with Gasteiger partial charge in [0.25, 0.3) is 0 Å². The highest BCUT2D eigenvalue weighted by atomic mass is 16.5. The van der Waals surface area contributed by atoms with Gasteiger partial charge in [0, 0.05) is 5.56 Å². The predicted octanol–water partition coefficient (Wildman–Crippen LogP) is 1.12. The summed E-state index contributed by atoms with van der Waals surface area (Å²) in [5, 5.41) is 17.4. The van der Waals surface area contributed by atoms with Crippen LogP contribution in [0, 0.1) is 13.8 Å². The maximum atomic E-state index is 11.5. The van der Waals surface area contributed by atoms with Crippen LogP contribution in [0.15, 0.2) is 4.52 Å². The molecule has 1 heterocycles.